The molecule has 0 saturated heterocycles. The van der Waals surface area contributed by atoms with Gasteiger partial charge < -0.3 is 11.1 Å². The van der Waals surface area contributed by atoms with Crippen molar-refractivity contribution in [2.75, 3.05) is 5.32 Å². The third-order valence-electron chi connectivity index (χ3n) is 4.20. The lowest BCUT2D eigenvalue weighted by Crippen LogP contribution is -2.21. The number of nitrogens with two attached hydrogens (primary N) is 1. The average Bonchev–Trinajstić information content (AvgIpc) is 2.83. The van der Waals surface area contributed by atoms with Gasteiger partial charge in [-0.25, -0.2) is 0 Å². The lowest BCUT2D eigenvalue weighted by molar-refractivity contribution is 0.601. The molecule has 0 aliphatic heterocycles. The van der Waals surface area contributed by atoms with Crippen LogP contribution in [-0.2, 0) is 19.4 Å². The molecular formula is C15H26N4. The van der Waals surface area contributed by atoms with Crippen LogP contribution >= 0.6 is 0 Å². The summed E-state index contributed by atoms with van der Waals surface area (Å²) in [6, 6.07) is 0.534. The molecule has 4 nitrogen and oxygen atoms in total. The van der Waals surface area contributed by atoms with Crippen LogP contribution in [0.2, 0.25) is 0 Å². The zero-order valence-corrected chi connectivity index (χ0v) is 12.4. The van der Waals surface area contributed by atoms with Crippen molar-refractivity contribution < 1.29 is 0 Å². The normalized spacial score (nSPS) is 22.7. The summed E-state index contributed by atoms with van der Waals surface area (Å²) in [6.45, 7) is 7.14. The third-order valence-corrected chi connectivity index (χ3v) is 4.20. The molecule has 1 saturated carbocycles. The summed E-state index contributed by atoms with van der Waals surface area (Å²) < 4.78 is 0. The molecule has 2 atom stereocenters. The predicted molar refractivity (Wildman–Crippen MR) is 79.1 cm³/mol. The Balaban J connectivity index is 2.24. The van der Waals surface area contributed by atoms with Crippen molar-refractivity contribution in [1.82, 2.24) is 10.2 Å². The highest BCUT2D eigenvalue weighted by molar-refractivity contribution is 5.49. The summed E-state index contributed by atoms with van der Waals surface area (Å²) in [4.78, 5) is 0. The van der Waals surface area contributed by atoms with E-state index in [9.17, 15) is 0 Å². The molecule has 1 fully saturated rings. The number of aromatic nitrogens is 2. The van der Waals surface area contributed by atoms with Gasteiger partial charge in [0.25, 0.3) is 0 Å². The van der Waals surface area contributed by atoms with Crippen molar-refractivity contribution in [3.05, 3.63) is 16.8 Å². The molecule has 3 N–H and O–H groups in total. The van der Waals surface area contributed by atoms with Gasteiger partial charge in [-0.15, -0.1) is 5.10 Å². The van der Waals surface area contributed by atoms with Gasteiger partial charge in [0.15, 0.2) is 5.82 Å². The maximum atomic E-state index is 5.94. The molecule has 1 aromatic rings. The zero-order valence-electron chi connectivity index (χ0n) is 12.4. The van der Waals surface area contributed by atoms with Crippen LogP contribution in [0.1, 0.15) is 56.9 Å². The largest absolute Gasteiger partial charge is 0.366 e. The Bertz CT molecular complexity index is 430. The Labute approximate surface area is 116 Å². The molecule has 1 aliphatic carbocycles. The van der Waals surface area contributed by atoms with E-state index < -0.39 is 0 Å². The number of aryl methyl sites for hydroxylation is 1. The highest BCUT2D eigenvalue weighted by atomic mass is 15.2. The van der Waals surface area contributed by atoms with Gasteiger partial charge in [-0.2, -0.15) is 5.10 Å². The molecule has 1 aromatic heterocycles. The first kappa shape index (κ1) is 14.3. The van der Waals surface area contributed by atoms with E-state index in [-0.39, 0.29) is 0 Å². The minimum atomic E-state index is 0.534. The first-order valence-electron chi connectivity index (χ1n) is 7.53. The SMILES string of the molecule is CCc1nnc(NC2CCC(C)C2)c(CN)c1CC. The van der Waals surface area contributed by atoms with E-state index >= 15 is 0 Å². The van der Waals surface area contributed by atoms with Crippen molar-refractivity contribution in [2.24, 2.45) is 11.7 Å². The molecule has 0 aromatic carbocycles. The summed E-state index contributed by atoms with van der Waals surface area (Å²) in [5.74, 6) is 1.72. The van der Waals surface area contributed by atoms with Crippen molar-refractivity contribution in [3.8, 4) is 0 Å². The lowest BCUT2D eigenvalue weighted by Gasteiger charge is -2.18. The smallest absolute Gasteiger partial charge is 0.153 e. The number of hydrogen-bond donors (Lipinski definition) is 2. The Morgan fingerprint density at radius 3 is 2.47 bits per heavy atom. The fourth-order valence-corrected chi connectivity index (χ4v) is 3.12. The molecule has 0 bridgehead atoms. The maximum absolute atomic E-state index is 5.94. The molecule has 2 rings (SSSR count). The standard InChI is InChI=1S/C15H26N4/c1-4-12-13(9-16)15(19-18-14(12)5-2)17-11-7-6-10(3)8-11/h10-11H,4-9,16H2,1-3H3,(H,17,19). The second-order valence-corrected chi connectivity index (χ2v) is 5.62. The van der Waals surface area contributed by atoms with E-state index in [0.29, 0.717) is 12.6 Å². The number of hydrogen-bond acceptors (Lipinski definition) is 4. The first-order chi connectivity index (χ1) is 9.19. The average molecular weight is 262 g/mol. The van der Waals surface area contributed by atoms with E-state index in [4.69, 9.17) is 5.73 Å². The Morgan fingerprint density at radius 2 is 1.95 bits per heavy atom. The van der Waals surface area contributed by atoms with Crippen molar-refractivity contribution in [1.29, 1.82) is 0 Å². The van der Waals surface area contributed by atoms with Gasteiger partial charge in [-0.1, -0.05) is 20.8 Å². The van der Waals surface area contributed by atoms with Gasteiger partial charge in [-0.05, 0) is 43.6 Å². The van der Waals surface area contributed by atoms with Crippen molar-refractivity contribution >= 4 is 5.82 Å². The van der Waals surface area contributed by atoms with Crippen LogP contribution in [0.25, 0.3) is 0 Å². The minimum Gasteiger partial charge on any atom is -0.366 e. The molecular weight excluding hydrogens is 236 g/mol. The molecule has 19 heavy (non-hydrogen) atoms. The number of nitrogens with zero attached hydrogens (tertiary/aromatic N) is 2. The number of anilines is 1. The molecule has 0 spiro atoms. The Morgan fingerprint density at radius 1 is 1.16 bits per heavy atom. The van der Waals surface area contributed by atoms with Crippen LogP contribution in [-0.4, -0.2) is 16.2 Å². The van der Waals surface area contributed by atoms with E-state index in [0.717, 1.165) is 35.8 Å². The molecule has 0 amide bonds. The quantitative estimate of drug-likeness (QED) is 0.856. The fraction of sp³-hybridized carbons (Fsp3) is 0.733. The molecule has 4 heteroatoms. The summed E-state index contributed by atoms with van der Waals surface area (Å²) in [6.07, 6.45) is 5.65. The van der Waals surface area contributed by atoms with Crippen LogP contribution in [0.5, 0.6) is 0 Å². The minimum absolute atomic E-state index is 0.534. The van der Waals surface area contributed by atoms with E-state index in [1.165, 1.54) is 24.8 Å². The number of rotatable bonds is 5. The Kier molecular flexibility index (Phi) is 4.75. The van der Waals surface area contributed by atoms with Crippen molar-refractivity contribution in [2.45, 2.75) is 65.5 Å². The highest BCUT2D eigenvalue weighted by Gasteiger charge is 2.23. The van der Waals surface area contributed by atoms with Gasteiger partial charge in [0.05, 0.1) is 5.69 Å². The molecule has 2 unspecified atom stereocenters. The second-order valence-electron chi connectivity index (χ2n) is 5.62. The molecule has 1 heterocycles. The molecule has 0 radical (unpaired) electrons. The van der Waals surface area contributed by atoms with E-state index in [1.54, 1.807) is 0 Å². The van der Waals surface area contributed by atoms with Gasteiger partial charge in [0.2, 0.25) is 0 Å². The van der Waals surface area contributed by atoms with E-state index in [2.05, 4.69) is 36.3 Å². The monoisotopic (exact) mass is 262 g/mol. The predicted octanol–water partition coefficient (Wildman–Crippen LogP) is 2.66. The number of nitrogens with one attached hydrogen (secondary N) is 1. The second kappa shape index (κ2) is 6.33. The maximum Gasteiger partial charge on any atom is 0.153 e. The first-order valence-corrected chi connectivity index (χ1v) is 7.53. The summed E-state index contributed by atoms with van der Waals surface area (Å²) >= 11 is 0. The van der Waals surface area contributed by atoms with Crippen LogP contribution in [0.3, 0.4) is 0 Å². The molecule has 1 aliphatic rings. The Hall–Kier alpha value is -1.16. The van der Waals surface area contributed by atoms with Gasteiger partial charge in [-0.3, -0.25) is 0 Å². The van der Waals surface area contributed by atoms with Crippen LogP contribution < -0.4 is 11.1 Å². The van der Waals surface area contributed by atoms with E-state index in [1.807, 2.05) is 0 Å². The lowest BCUT2D eigenvalue weighted by atomic mass is 10.0. The van der Waals surface area contributed by atoms with Gasteiger partial charge in [0.1, 0.15) is 0 Å². The fourth-order valence-electron chi connectivity index (χ4n) is 3.12. The molecule has 106 valence electrons. The van der Waals surface area contributed by atoms with Gasteiger partial charge >= 0.3 is 0 Å². The van der Waals surface area contributed by atoms with Crippen LogP contribution in [0.15, 0.2) is 0 Å². The summed E-state index contributed by atoms with van der Waals surface area (Å²) in [5.41, 5.74) is 9.48. The zero-order chi connectivity index (χ0) is 13.8. The summed E-state index contributed by atoms with van der Waals surface area (Å²) in [5, 5.41) is 12.3. The summed E-state index contributed by atoms with van der Waals surface area (Å²) in [7, 11) is 0. The van der Waals surface area contributed by atoms with Crippen LogP contribution in [0, 0.1) is 5.92 Å². The van der Waals surface area contributed by atoms with Gasteiger partial charge in [0, 0.05) is 18.2 Å². The highest BCUT2D eigenvalue weighted by Crippen LogP contribution is 2.29. The third kappa shape index (κ3) is 3.06. The van der Waals surface area contributed by atoms with Crippen molar-refractivity contribution in [3.63, 3.8) is 0 Å². The van der Waals surface area contributed by atoms with Crippen LogP contribution in [0.4, 0.5) is 5.82 Å². The topological polar surface area (TPSA) is 63.8 Å².